The average molecular weight is 235 g/mol. The third-order valence-corrected chi connectivity index (χ3v) is 4.27. The standard InChI is InChI=1S/C14H21NS/c1-12-3-2-4-14(11-12)16-10-7-13-5-8-15-9-6-13/h2-4,11,13,15H,5-10H2,1H3. The molecule has 2 heteroatoms. The predicted octanol–water partition coefficient (Wildman–Crippen LogP) is 3.48. The van der Waals surface area contributed by atoms with Gasteiger partial charge in [-0.05, 0) is 63.1 Å². The van der Waals surface area contributed by atoms with Crippen molar-refractivity contribution in [3.05, 3.63) is 29.8 Å². The lowest BCUT2D eigenvalue weighted by molar-refractivity contribution is 0.367. The van der Waals surface area contributed by atoms with Crippen LogP contribution < -0.4 is 5.32 Å². The summed E-state index contributed by atoms with van der Waals surface area (Å²) in [5.74, 6) is 2.23. The van der Waals surface area contributed by atoms with E-state index in [-0.39, 0.29) is 0 Å². The Morgan fingerprint density at radius 2 is 2.12 bits per heavy atom. The second-order valence-electron chi connectivity index (χ2n) is 4.65. The molecule has 88 valence electrons. The summed E-state index contributed by atoms with van der Waals surface area (Å²) < 4.78 is 0. The summed E-state index contributed by atoms with van der Waals surface area (Å²) in [6, 6.07) is 8.83. The first-order valence-corrected chi connectivity index (χ1v) is 7.23. The van der Waals surface area contributed by atoms with Crippen LogP contribution in [0.1, 0.15) is 24.8 Å². The monoisotopic (exact) mass is 235 g/mol. The summed E-state index contributed by atoms with van der Waals surface area (Å²) in [4.78, 5) is 1.42. The number of thioether (sulfide) groups is 1. The van der Waals surface area contributed by atoms with Crippen molar-refractivity contribution in [3.63, 3.8) is 0 Å². The van der Waals surface area contributed by atoms with Crippen molar-refractivity contribution in [2.45, 2.75) is 31.1 Å². The minimum Gasteiger partial charge on any atom is -0.317 e. The van der Waals surface area contributed by atoms with E-state index in [0.29, 0.717) is 0 Å². The van der Waals surface area contributed by atoms with Gasteiger partial charge in [-0.2, -0.15) is 0 Å². The fraction of sp³-hybridized carbons (Fsp3) is 0.571. The molecule has 0 bridgehead atoms. The van der Waals surface area contributed by atoms with Crippen LogP contribution in [0.2, 0.25) is 0 Å². The van der Waals surface area contributed by atoms with Gasteiger partial charge >= 0.3 is 0 Å². The number of benzene rings is 1. The van der Waals surface area contributed by atoms with Gasteiger partial charge in [0.1, 0.15) is 0 Å². The molecule has 0 atom stereocenters. The van der Waals surface area contributed by atoms with E-state index in [0.717, 1.165) is 5.92 Å². The van der Waals surface area contributed by atoms with Gasteiger partial charge in [0, 0.05) is 4.90 Å². The molecule has 0 amide bonds. The molecule has 1 N–H and O–H groups in total. The predicted molar refractivity (Wildman–Crippen MR) is 72.1 cm³/mol. The van der Waals surface area contributed by atoms with Gasteiger partial charge in [-0.3, -0.25) is 0 Å². The van der Waals surface area contributed by atoms with Crippen LogP contribution in [0.3, 0.4) is 0 Å². The van der Waals surface area contributed by atoms with Crippen LogP contribution in [0.15, 0.2) is 29.2 Å². The summed E-state index contributed by atoms with van der Waals surface area (Å²) in [6.07, 6.45) is 4.11. The molecule has 16 heavy (non-hydrogen) atoms. The van der Waals surface area contributed by atoms with Crippen molar-refractivity contribution in [3.8, 4) is 0 Å². The quantitative estimate of drug-likeness (QED) is 0.802. The highest BCUT2D eigenvalue weighted by Crippen LogP contribution is 2.24. The van der Waals surface area contributed by atoms with Crippen molar-refractivity contribution in [2.75, 3.05) is 18.8 Å². The Morgan fingerprint density at radius 1 is 1.31 bits per heavy atom. The number of aryl methyl sites for hydroxylation is 1. The molecule has 0 radical (unpaired) electrons. The Bertz CT molecular complexity index is 318. The molecule has 1 fully saturated rings. The zero-order valence-corrected chi connectivity index (χ0v) is 10.9. The van der Waals surface area contributed by atoms with Gasteiger partial charge in [0.25, 0.3) is 0 Å². The number of piperidine rings is 1. The molecule has 1 heterocycles. The highest BCUT2D eigenvalue weighted by atomic mass is 32.2. The molecule has 0 aliphatic carbocycles. The zero-order valence-electron chi connectivity index (χ0n) is 10.0. The smallest absolute Gasteiger partial charge is 0.00745 e. The molecule has 1 aliphatic rings. The van der Waals surface area contributed by atoms with Crippen LogP contribution in [0.5, 0.6) is 0 Å². The van der Waals surface area contributed by atoms with Crippen LogP contribution in [0.4, 0.5) is 0 Å². The summed E-state index contributed by atoms with van der Waals surface area (Å²) in [6.45, 7) is 4.61. The molecule has 0 spiro atoms. The van der Waals surface area contributed by atoms with Crippen molar-refractivity contribution in [1.29, 1.82) is 0 Å². The Labute approximate surface area is 103 Å². The van der Waals surface area contributed by atoms with E-state index in [1.807, 2.05) is 11.8 Å². The minimum atomic E-state index is 0.957. The molecule has 1 aliphatic heterocycles. The Hall–Kier alpha value is -0.470. The summed E-state index contributed by atoms with van der Waals surface area (Å²) in [5.41, 5.74) is 1.37. The van der Waals surface area contributed by atoms with Crippen LogP contribution in [0.25, 0.3) is 0 Å². The normalized spacial score (nSPS) is 17.6. The molecule has 0 saturated carbocycles. The van der Waals surface area contributed by atoms with Gasteiger partial charge in [0.2, 0.25) is 0 Å². The molecular formula is C14H21NS. The van der Waals surface area contributed by atoms with Gasteiger partial charge in [-0.1, -0.05) is 17.7 Å². The topological polar surface area (TPSA) is 12.0 Å². The van der Waals surface area contributed by atoms with Gasteiger partial charge < -0.3 is 5.32 Å². The third-order valence-electron chi connectivity index (χ3n) is 3.24. The largest absolute Gasteiger partial charge is 0.317 e. The third kappa shape index (κ3) is 3.84. The molecule has 1 nitrogen and oxygen atoms in total. The molecule has 1 aromatic carbocycles. The second-order valence-corrected chi connectivity index (χ2v) is 5.82. The molecule has 1 aromatic rings. The van der Waals surface area contributed by atoms with E-state index in [4.69, 9.17) is 0 Å². The van der Waals surface area contributed by atoms with Gasteiger partial charge in [-0.25, -0.2) is 0 Å². The SMILES string of the molecule is Cc1cccc(SCCC2CCNCC2)c1. The number of rotatable bonds is 4. The van der Waals surface area contributed by atoms with Gasteiger partial charge in [-0.15, -0.1) is 11.8 Å². The Morgan fingerprint density at radius 3 is 2.88 bits per heavy atom. The van der Waals surface area contributed by atoms with Gasteiger partial charge in [0.15, 0.2) is 0 Å². The van der Waals surface area contributed by atoms with E-state index in [1.165, 1.54) is 48.6 Å². The molecule has 0 aromatic heterocycles. The molecule has 0 unspecified atom stereocenters. The average Bonchev–Trinajstić information content (AvgIpc) is 2.30. The zero-order chi connectivity index (χ0) is 11.2. The Balaban J connectivity index is 1.71. The summed E-state index contributed by atoms with van der Waals surface area (Å²) >= 11 is 2.01. The van der Waals surface area contributed by atoms with E-state index >= 15 is 0 Å². The maximum absolute atomic E-state index is 3.42. The van der Waals surface area contributed by atoms with Crippen molar-refractivity contribution >= 4 is 11.8 Å². The minimum absolute atomic E-state index is 0.957. The van der Waals surface area contributed by atoms with Crippen LogP contribution in [-0.2, 0) is 0 Å². The summed E-state index contributed by atoms with van der Waals surface area (Å²) in [7, 11) is 0. The van der Waals surface area contributed by atoms with Crippen LogP contribution >= 0.6 is 11.8 Å². The van der Waals surface area contributed by atoms with E-state index in [2.05, 4.69) is 36.5 Å². The first-order chi connectivity index (χ1) is 7.84. The fourth-order valence-electron chi connectivity index (χ4n) is 2.22. The van der Waals surface area contributed by atoms with E-state index in [9.17, 15) is 0 Å². The second kappa shape index (κ2) is 6.31. The maximum atomic E-state index is 3.42. The summed E-state index contributed by atoms with van der Waals surface area (Å²) in [5, 5.41) is 3.42. The lowest BCUT2D eigenvalue weighted by Gasteiger charge is -2.22. The van der Waals surface area contributed by atoms with Crippen molar-refractivity contribution in [1.82, 2.24) is 5.32 Å². The lowest BCUT2D eigenvalue weighted by atomic mass is 9.96. The molecular weight excluding hydrogens is 214 g/mol. The number of hydrogen-bond donors (Lipinski definition) is 1. The van der Waals surface area contributed by atoms with Crippen molar-refractivity contribution in [2.24, 2.45) is 5.92 Å². The Kier molecular flexibility index (Phi) is 4.73. The first-order valence-electron chi connectivity index (χ1n) is 6.25. The van der Waals surface area contributed by atoms with Crippen LogP contribution in [-0.4, -0.2) is 18.8 Å². The maximum Gasteiger partial charge on any atom is 0.00745 e. The highest BCUT2D eigenvalue weighted by Gasteiger charge is 2.12. The molecule has 1 saturated heterocycles. The number of hydrogen-bond acceptors (Lipinski definition) is 2. The number of nitrogens with one attached hydrogen (secondary N) is 1. The highest BCUT2D eigenvalue weighted by molar-refractivity contribution is 7.99. The van der Waals surface area contributed by atoms with Gasteiger partial charge in [0.05, 0.1) is 0 Å². The van der Waals surface area contributed by atoms with E-state index in [1.54, 1.807) is 0 Å². The molecule has 2 rings (SSSR count). The first kappa shape index (κ1) is 12.0. The van der Waals surface area contributed by atoms with Crippen LogP contribution in [0, 0.1) is 12.8 Å². The van der Waals surface area contributed by atoms with E-state index < -0.39 is 0 Å². The van der Waals surface area contributed by atoms with Crippen molar-refractivity contribution < 1.29 is 0 Å². The fourth-order valence-corrected chi connectivity index (χ4v) is 3.35. The lowest BCUT2D eigenvalue weighted by Crippen LogP contribution is -2.27.